The molecule has 4 heterocycles. The van der Waals surface area contributed by atoms with E-state index in [1.54, 1.807) is 0 Å². The number of para-hydroxylation sites is 1. The Labute approximate surface area is 191 Å². The van der Waals surface area contributed by atoms with E-state index >= 15 is 0 Å². The lowest BCUT2D eigenvalue weighted by atomic mass is 10.1. The van der Waals surface area contributed by atoms with Crippen LogP contribution in [0.25, 0.3) is 27.9 Å². The summed E-state index contributed by atoms with van der Waals surface area (Å²) in [5, 5.41) is 0. The Bertz CT molecular complexity index is 1260. The van der Waals surface area contributed by atoms with Crippen LogP contribution in [-0.4, -0.2) is 56.8 Å². The Hall–Kier alpha value is -2.84. The lowest BCUT2D eigenvalue weighted by molar-refractivity contribution is 0.270. The standard InChI is InChI=1S/C24H26N6OS/c25-17-6-8-29(9-7-17)22-3-1-2-19-24(22)28-23(11-26-19)30-15-27-20-10-18(4-5-21(20)30)31-12-16-13-32-14-16/h1-5,10-11,15-17H,6-9,12-14,25H2. The van der Waals surface area contributed by atoms with E-state index in [1.165, 1.54) is 11.5 Å². The molecule has 0 saturated carbocycles. The van der Waals surface area contributed by atoms with Gasteiger partial charge in [-0.3, -0.25) is 9.55 Å². The van der Waals surface area contributed by atoms with Gasteiger partial charge in [0.25, 0.3) is 0 Å². The summed E-state index contributed by atoms with van der Waals surface area (Å²) in [6.07, 6.45) is 5.63. The van der Waals surface area contributed by atoms with E-state index in [0.717, 1.165) is 71.9 Å². The average molecular weight is 447 g/mol. The molecule has 32 heavy (non-hydrogen) atoms. The Balaban J connectivity index is 1.33. The van der Waals surface area contributed by atoms with E-state index < -0.39 is 0 Å². The van der Waals surface area contributed by atoms with Crippen LogP contribution in [0.5, 0.6) is 5.75 Å². The number of benzene rings is 2. The third kappa shape index (κ3) is 3.67. The molecule has 0 unspecified atom stereocenters. The number of thioether (sulfide) groups is 1. The molecule has 0 bridgehead atoms. The first-order valence-corrected chi connectivity index (χ1v) is 12.3. The Morgan fingerprint density at radius 2 is 1.94 bits per heavy atom. The van der Waals surface area contributed by atoms with Crippen molar-refractivity contribution in [1.82, 2.24) is 19.5 Å². The van der Waals surface area contributed by atoms with Crippen LogP contribution >= 0.6 is 11.8 Å². The van der Waals surface area contributed by atoms with Crippen molar-refractivity contribution in [2.45, 2.75) is 18.9 Å². The minimum Gasteiger partial charge on any atom is -0.493 e. The van der Waals surface area contributed by atoms with Gasteiger partial charge in [0.15, 0.2) is 5.82 Å². The molecule has 7 nitrogen and oxygen atoms in total. The van der Waals surface area contributed by atoms with E-state index in [9.17, 15) is 0 Å². The Kier molecular flexibility index (Phi) is 5.11. The summed E-state index contributed by atoms with van der Waals surface area (Å²) >= 11 is 1.98. The molecule has 2 fully saturated rings. The second-order valence-corrected chi connectivity index (χ2v) is 9.75. The number of aromatic nitrogens is 4. The van der Waals surface area contributed by atoms with Crippen molar-refractivity contribution < 1.29 is 4.74 Å². The molecule has 164 valence electrons. The number of ether oxygens (including phenoxy) is 1. The minimum atomic E-state index is 0.293. The van der Waals surface area contributed by atoms with Gasteiger partial charge in [-0.1, -0.05) is 6.07 Å². The first kappa shape index (κ1) is 19.8. The van der Waals surface area contributed by atoms with Gasteiger partial charge in [-0.05, 0) is 37.1 Å². The summed E-state index contributed by atoms with van der Waals surface area (Å²) in [6.45, 7) is 2.67. The number of nitrogens with two attached hydrogens (primary N) is 1. The van der Waals surface area contributed by atoms with Crippen molar-refractivity contribution in [2.24, 2.45) is 11.7 Å². The highest BCUT2D eigenvalue weighted by Gasteiger charge is 2.20. The molecule has 6 rings (SSSR count). The van der Waals surface area contributed by atoms with Gasteiger partial charge in [-0.15, -0.1) is 0 Å². The Morgan fingerprint density at radius 1 is 1.06 bits per heavy atom. The lowest BCUT2D eigenvalue weighted by Gasteiger charge is -2.32. The van der Waals surface area contributed by atoms with Crippen LogP contribution in [0.2, 0.25) is 0 Å². The van der Waals surface area contributed by atoms with E-state index in [0.29, 0.717) is 12.0 Å². The van der Waals surface area contributed by atoms with Crippen LogP contribution in [0.15, 0.2) is 48.9 Å². The van der Waals surface area contributed by atoms with Gasteiger partial charge in [0.1, 0.15) is 17.6 Å². The molecule has 0 spiro atoms. The maximum atomic E-state index is 6.11. The van der Waals surface area contributed by atoms with Crippen LogP contribution in [0, 0.1) is 5.92 Å². The molecule has 2 aliphatic rings. The third-order valence-electron chi connectivity index (χ3n) is 6.38. The van der Waals surface area contributed by atoms with Gasteiger partial charge in [-0.2, -0.15) is 11.8 Å². The predicted octanol–water partition coefficient (Wildman–Crippen LogP) is 3.64. The normalized spacial score (nSPS) is 17.7. The van der Waals surface area contributed by atoms with Crippen LogP contribution in [0.1, 0.15) is 12.8 Å². The molecular weight excluding hydrogens is 420 g/mol. The number of imidazole rings is 1. The van der Waals surface area contributed by atoms with Crippen molar-refractivity contribution in [3.8, 4) is 11.6 Å². The molecule has 2 aromatic heterocycles. The maximum absolute atomic E-state index is 6.11. The number of nitrogens with zero attached hydrogens (tertiary/aromatic N) is 5. The SMILES string of the molecule is NC1CCN(c2cccc3ncc(-n4cnc5cc(OCC6CSC6)ccc54)nc23)CC1. The highest BCUT2D eigenvalue weighted by Crippen LogP contribution is 2.29. The zero-order chi connectivity index (χ0) is 21.5. The maximum Gasteiger partial charge on any atom is 0.157 e. The minimum absolute atomic E-state index is 0.293. The highest BCUT2D eigenvalue weighted by atomic mass is 32.2. The van der Waals surface area contributed by atoms with Gasteiger partial charge in [0.05, 0.1) is 35.0 Å². The third-order valence-corrected chi connectivity index (χ3v) is 7.79. The van der Waals surface area contributed by atoms with Crippen LogP contribution in [-0.2, 0) is 0 Å². The number of piperidine rings is 1. The molecule has 0 radical (unpaired) electrons. The van der Waals surface area contributed by atoms with Gasteiger partial charge < -0.3 is 15.4 Å². The van der Waals surface area contributed by atoms with E-state index in [2.05, 4.69) is 28.1 Å². The molecular formula is C24H26N6OS. The summed E-state index contributed by atoms with van der Waals surface area (Å²) < 4.78 is 7.97. The number of fused-ring (bicyclic) bond motifs is 2. The van der Waals surface area contributed by atoms with Gasteiger partial charge >= 0.3 is 0 Å². The van der Waals surface area contributed by atoms with E-state index in [4.69, 9.17) is 20.4 Å². The topological polar surface area (TPSA) is 82.1 Å². The smallest absolute Gasteiger partial charge is 0.157 e. The van der Waals surface area contributed by atoms with Crippen LogP contribution in [0.3, 0.4) is 0 Å². The van der Waals surface area contributed by atoms with E-state index in [-0.39, 0.29) is 0 Å². The predicted molar refractivity (Wildman–Crippen MR) is 130 cm³/mol. The fourth-order valence-corrected chi connectivity index (χ4v) is 5.14. The molecule has 0 atom stereocenters. The zero-order valence-corrected chi connectivity index (χ0v) is 18.7. The van der Waals surface area contributed by atoms with Gasteiger partial charge in [0.2, 0.25) is 0 Å². The number of rotatable bonds is 5. The monoisotopic (exact) mass is 446 g/mol. The number of hydrogen-bond donors (Lipinski definition) is 1. The lowest BCUT2D eigenvalue weighted by Crippen LogP contribution is -2.39. The van der Waals surface area contributed by atoms with Crippen LogP contribution in [0.4, 0.5) is 5.69 Å². The number of anilines is 1. The van der Waals surface area contributed by atoms with Crippen molar-refractivity contribution in [2.75, 3.05) is 36.1 Å². The first-order chi connectivity index (χ1) is 15.7. The number of hydrogen-bond acceptors (Lipinski definition) is 7. The summed E-state index contributed by atoms with van der Waals surface area (Å²) in [5.41, 5.74) is 10.9. The summed E-state index contributed by atoms with van der Waals surface area (Å²) in [7, 11) is 0. The molecule has 2 N–H and O–H groups in total. The average Bonchev–Trinajstić information content (AvgIpc) is 3.21. The second-order valence-electron chi connectivity index (χ2n) is 8.68. The molecule has 4 aromatic rings. The van der Waals surface area contributed by atoms with Crippen molar-refractivity contribution in [3.05, 3.63) is 48.9 Å². The summed E-state index contributed by atoms with van der Waals surface area (Å²) in [4.78, 5) is 16.7. The van der Waals surface area contributed by atoms with E-state index in [1.807, 2.05) is 47.1 Å². The fraction of sp³-hybridized carbons (Fsp3) is 0.375. The zero-order valence-electron chi connectivity index (χ0n) is 17.9. The van der Waals surface area contributed by atoms with Gasteiger partial charge in [-0.25, -0.2) is 9.97 Å². The quantitative estimate of drug-likeness (QED) is 0.501. The van der Waals surface area contributed by atoms with Crippen molar-refractivity contribution >= 4 is 39.5 Å². The first-order valence-electron chi connectivity index (χ1n) is 11.2. The fourth-order valence-electron chi connectivity index (χ4n) is 4.38. The Morgan fingerprint density at radius 3 is 2.75 bits per heavy atom. The summed E-state index contributed by atoms with van der Waals surface area (Å²) in [5.74, 6) is 4.70. The molecule has 0 aliphatic carbocycles. The summed E-state index contributed by atoms with van der Waals surface area (Å²) in [6, 6.07) is 12.6. The molecule has 0 amide bonds. The van der Waals surface area contributed by atoms with Gasteiger partial charge in [0, 0.05) is 42.6 Å². The highest BCUT2D eigenvalue weighted by molar-refractivity contribution is 8.00. The largest absolute Gasteiger partial charge is 0.493 e. The molecule has 2 aromatic carbocycles. The molecule has 2 aliphatic heterocycles. The molecule has 2 saturated heterocycles. The van der Waals surface area contributed by atoms with Crippen molar-refractivity contribution in [1.29, 1.82) is 0 Å². The second kappa shape index (κ2) is 8.26. The van der Waals surface area contributed by atoms with Crippen LogP contribution < -0.4 is 15.4 Å². The molecule has 8 heteroatoms. The van der Waals surface area contributed by atoms with Crippen molar-refractivity contribution in [3.63, 3.8) is 0 Å².